The summed E-state index contributed by atoms with van der Waals surface area (Å²) in [6.07, 6.45) is 1.60. The second kappa shape index (κ2) is 12.5. The molecule has 1 saturated carbocycles. The number of aromatic nitrogens is 1. The Morgan fingerprint density at radius 3 is 2.53 bits per heavy atom. The molecule has 1 aromatic heterocycles. The van der Waals surface area contributed by atoms with Crippen LogP contribution in [0.1, 0.15) is 53.1 Å². The Balaban J connectivity index is 1.36. The SMILES string of the molecule is NCC(=O)OCc1ccccc1C(=O)n1ccc2cc(Cl)c(NC(=O)N(F)c3cccc(C4CCC(F)(F)CC4)c3)cc21. The fourth-order valence-corrected chi connectivity index (χ4v) is 5.40. The summed E-state index contributed by atoms with van der Waals surface area (Å²) >= 11 is 6.39. The maximum absolute atomic E-state index is 15.3. The van der Waals surface area contributed by atoms with Crippen LogP contribution in [-0.4, -0.2) is 34.9 Å². The van der Waals surface area contributed by atoms with E-state index in [0.717, 1.165) is 0 Å². The Kier molecular flexibility index (Phi) is 8.74. The molecule has 4 aromatic rings. The summed E-state index contributed by atoms with van der Waals surface area (Å²) in [4.78, 5) is 38.0. The first-order valence-electron chi connectivity index (χ1n) is 13.6. The Hall–Kier alpha value is -4.35. The first kappa shape index (κ1) is 30.1. The number of amides is 2. The molecule has 0 unspecified atom stereocenters. The lowest BCUT2D eigenvalue weighted by Gasteiger charge is -2.28. The maximum atomic E-state index is 15.3. The fourth-order valence-electron chi connectivity index (χ4n) is 5.18. The van der Waals surface area contributed by atoms with E-state index in [1.54, 1.807) is 42.5 Å². The summed E-state index contributed by atoms with van der Waals surface area (Å²) < 4.78 is 48.9. The van der Waals surface area contributed by atoms with Gasteiger partial charge in [-0.05, 0) is 60.7 Å². The number of esters is 1. The Morgan fingerprint density at radius 1 is 1.05 bits per heavy atom. The summed E-state index contributed by atoms with van der Waals surface area (Å²) in [5.41, 5.74) is 7.11. The number of halogens is 4. The van der Waals surface area contributed by atoms with Crippen LogP contribution in [0.15, 0.2) is 72.9 Å². The average Bonchev–Trinajstić information content (AvgIpc) is 3.41. The number of ether oxygens (including phenoxy) is 1. The van der Waals surface area contributed by atoms with Gasteiger partial charge < -0.3 is 15.8 Å². The molecule has 224 valence electrons. The number of hydrogen-bond donors (Lipinski definition) is 2. The number of urea groups is 1. The summed E-state index contributed by atoms with van der Waals surface area (Å²) in [6.45, 7) is -0.442. The Bertz CT molecular complexity index is 1680. The van der Waals surface area contributed by atoms with Gasteiger partial charge in [-0.25, -0.2) is 13.6 Å². The van der Waals surface area contributed by atoms with Crippen LogP contribution < -0.4 is 16.2 Å². The molecule has 0 bridgehead atoms. The van der Waals surface area contributed by atoms with E-state index in [9.17, 15) is 23.2 Å². The molecule has 1 aliphatic carbocycles. The third kappa shape index (κ3) is 6.68. The Morgan fingerprint density at radius 2 is 1.79 bits per heavy atom. The van der Waals surface area contributed by atoms with Crippen LogP contribution in [0, 0.1) is 0 Å². The second-order valence-electron chi connectivity index (χ2n) is 10.3. The normalized spacial score (nSPS) is 14.8. The number of alkyl halides is 2. The van der Waals surface area contributed by atoms with Crippen molar-refractivity contribution in [2.75, 3.05) is 17.0 Å². The molecule has 0 aliphatic heterocycles. The molecule has 1 aliphatic rings. The van der Waals surface area contributed by atoms with Crippen LogP contribution >= 0.6 is 11.6 Å². The zero-order valence-corrected chi connectivity index (χ0v) is 23.6. The molecule has 0 atom stereocenters. The molecular formula is C31H28ClF3N4O4. The molecule has 2 amide bonds. The lowest BCUT2D eigenvalue weighted by atomic mass is 9.82. The molecule has 0 radical (unpaired) electrons. The van der Waals surface area contributed by atoms with Crippen LogP contribution in [0.3, 0.4) is 0 Å². The maximum Gasteiger partial charge on any atom is 0.354 e. The van der Waals surface area contributed by atoms with Crippen molar-refractivity contribution in [1.82, 2.24) is 4.57 Å². The molecule has 0 spiro atoms. The van der Waals surface area contributed by atoms with Crippen molar-refractivity contribution in [2.45, 2.75) is 44.1 Å². The van der Waals surface area contributed by atoms with Gasteiger partial charge in [0.1, 0.15) is 6.61 Å². The predicted octanol–water partition coefficient (Wildman–Crippen LogP) is 7.20. The van der Waals surface area contributed by atoms with Crippen molar-refractivity contribution in [1.29, 1.82) is 0 Å². The molecule has 0 saturated heterocycles. The topological polar surface area (TPSA) is 107 Å². The summed E-state index contributed by atoms with van der Waals surface area (Å²) in [6, 6.07) is 16.3. The first-order chi connectivity index (χ1) is 20.6. The minimum absolute atomic E-state index is 0.0602. The number of carbonyl (C=O) groups excluding carboxylic acids is 3. The molecule has 3 aromatic carbocycles. The van der Waals surface area contributed by atoms with Crippen molar-refractivity contribution in [3.63, 3.8) is 0 Å². The molecular weight excluding hydrogens is 585 g/mol. The third-order valence-electron chi connectivity index (χ3n) is 7.51. The molecule has 43 heavy (non-hydrogen) atoms. The van der Waals surface area contributed by atoms with Crippen molar-refractivity contribution in [3.05, 3.63) is 94.6 Å². The van der Waals surface area contributed by atoms with Crippen LogP contribution in [0.5, 0.6) is 0 Å². The van der Waals surface area contributed by atoms with Gasteiger partial charge in [0.15, 0.2) is 0 Å². The third-order valence-corrected chi connectivity index (χ3v) is 7.82. The number of benzene rings is 3. The van der Waals surface area contributed by atoms with Crippen LogP contribution in [0.2, 0.25) is 5.02 Å². The first-order valence-corrected chi connectivity index (χ1v) is 14.0. The lowest BCUT2D eigenvalue weighted by molar-refractivity contribution is -0.143. The number of nitrogens with two attached hydrogens (primary N) is 1. The zero-order valence-electron chi connectivity index (χ0n) is 22.9. The standard InChI is InChI=1S/C31H28ClF3N4O4/c32-25-15-21-10-13-38(29(41)24-7-2-1-4-22(24)18-43-28(40)17-36)27(21)16-26(25)37-30(42)39(35)23-6-3-5-20(14-23)19-8-11-31(33,34)12-9-19/h1-7,10,13-16,19H,8-9,11-12,17-18,36H2,(H,37,42). The highest BCUT2D eigenvalue weighted by molar-refractivity contribution is 6.34. The van der Waals surface area contributed by atoms with Gasteiger partial charge in [-0.1, -0.05) is 46.4 Å². The molecule has 3 N–H and O–H groups in total. The predicted molar refractivity (Wildman–Crippen MR) is 157 cm³/mol. The van der Waals surface area contributed by atoms with Crippen molar-refractivity contribution in [3.8, 4) is 0 Å². The molecule has 1 heterocycles. The lowest BCUT2D eigenvalue weighted by Crippen LogP contribution is -2.28. The summed E-state index contributed by atoms with van der Waals surface area (Å²) in [5, 5.41) is 3.07. The highest BCUT2D eigenvalue weighted by Gasteiger charge is 2.35. The number of hydrogen-bond acceptors (Lipinski definition) is 5. The molecule has 5 rings (SSSR count). The summed E-state index contributed by atoms with van der Waals surface area (Å²) in [5.74, 6) is -3.89. The van der Waals surface area contributed by atoms with Gasteiger partial charge in [0.2, 0.25) is 5.92 Å². The molecule has 1 fully saturated rings. The second-order valence-corrected chi connectivity index (χ2v) is 10.7. The van der Waals surface area contributed by atoms with E-state index in [2.05, 4.69) is 5.32 Å². The van der Waals surface area contributed by atoms with Crippen molar-refractivity contribution in [2.24, 2.45) is 5.73 Å². The molecule has 8 nitrogen and oxygen atoms in total. The van der Waals surface area contributed by atoms with Crippen LogP contribution in [0.4, 0.5) is 29.4 Å². The Labute approximate surface area is 250 Å². The minimum Gasteiger partial charge on any atom is -0.460 e. The average molecular weight is 613 g/mol. The van der Waals surface area contributed by atoms with E-state index in [-0.39, 0.29) is 71.8 Å². The minimum atomic E-state index is -2.69. The van der Waals surface area contributed by atoms with E-state index in [1.807, 2.05) is 0 Å². The summed E-state index contributed by atoms with van der Waals surface area (Å²) in [7, 11) is 0. The quantitative estimate of drug-likeness (QED) is 0.170. The van der Waals surface area contributed by atoms with Crippen molar-refractivity contribution >= 4 is 51.8 Å². The van der Waals surface area contributed by atoms with E-state index in [4.69, 9.17) is 22.1 Å². The monoisotopic (exact) mass is 612 g/mol. The van der Waals surface area contributed by atoms with Gasteiger partial charge in [-0.2, -0.15) is 0 Å². The van der Waals surface area contributed by atoms with Gasteiger partial charge in [0.05, 0.1) is 28.5 Å². The van der Waals surface area contributed by atoms with E-state index < -0.39 is 23.8 Å². The van der Waals surface area contributed by atoms with Gasteiger partial charge in [-0.3, -0.25) is 14.2 Å². The zero-order chi connectivity index (χ0) is 30.7. The van der Waals surface area contributed by atoms with Crippen molar-refractivity contribution < 1.29 is 32.4 Å². The fraction of sp³-hybridized carbons (Fsp3) is 0.258. The van der Waals surface area contributed by atoms with Crippen LogP contribution in [0.25, 0.3) is 10.9 Å². The van der Waals surface area contributed by atoms with Gasteiger partial charge >= 0.3 is 12.0 Å². The van der Waals surface area contributed by atoms with Gasteiger partial charge in [-0.15, -0.1) is 5.12 Å². The number of anilines is 2. The van der Waals surface area contributed by atoms with Gasteiger partial charge in [0.25, 0.3) is 5.91 Å². The van der Waals surface area contributed by atoms with E-state index in [0.29, 0.717) is 22.0 Å². The number of rotatable bonds is 7. The number of nitrogens with one attached hydrogen (secondary N) is 1. The van der Waals surface area contributed by atoms with E-state index >= 15 is 4.48 Å². The highest BCUT2D eigenvalue weighted by Crippen LogP contribution is 2.41. The van der Waals surface area contributed by atoms with Gasteiger partial charge in [0, 0.05) is 35.6 Å². The number of carbonyl (C=O) groups is 3. The smallest absolute Gasteiger partial charge is 0.354 e. The van der Waals surface area contributed by atoms with E-state index in [1.165, 1.54) is 35.0 Å². The number of nitrogens with zero attached hydrogens (tertiary/aromatic N) is 2. The highest BCUT2D eigenvalue weighted by atomic mass is 35.5. The number of fused-ring (bicyclic) bond motifs is 1. The largest absolute Gasteiger partial charge is 0.460 e. The molecule has 12 heteroatoms. The van der Waals surface area contributed by atoms with Crippen LogP contribution in [-0.2, 0) is 16.1 Å².